The van der Waals surface area contributed by atoms with Crippen LogP contribution in [-0.2, 0) is 85.5 Å². The number of fused-ring (bicyclic) bond motifs is 9. The summed E-state index contributed by atoms with van der Waals surface area (Å²) in [6.45, 7) is 24.3. The molecule has 4 aliphatic rings. The minimum Gasteiger partial charge on any atom is -0.486 e. The van der Waals surface area contributed by atoms with E-state index >= 15 is 0 Å². The summed E-state index contributed by atoms with van der Waals surface area (Å²) in [5, 5.41) is 8.04. The van der Waals surface area contributed by atoms with Crippen molar-refractivity contribution in [3.63, 3.8) is 0 Å². The molecule has 3 saturated carbocycles. The number of rotatable bonds is 18. The summed E-state index contributed by atoms with van der Waals surface area (Å²) >= 11 is 0. The fourth-order valence-corrected chi connectivity index (χ4v) is 26.8. The second kappa shape index (κ2) is 49.8. The predicted molar refractivity (Wildman–Crippen MR) is 624 cm³/mol. The average molecular weight is 2550 g/mol. The SMILES string of the molecule is CC(c1cc(-c2[c-]cccc2)ncc1[Si](C)(C)C)C1CCCC1.CC1(C)c2c[c-]c(-c3cc(-c4ccccc4)ccn3)cc2-c2ccccc21.C[Si](C)(C)c1cnc(-c2[c-]cccc2)cc1CC1CCCC1.C[Si](C)(C)c1cnc(-c2[c-]cccc2)cc1CC1CCCCC1.[2H]C([2H])([2H])c1ccc2c(n1)oc1c[c-]c(-c3cc(-c4ccccc4)ccn3)cc12.[2H]C([2H])([2H])n1c2ccccc2c2cc[c-]c(-c3cc(-c4ccccc4)ccn3)c21.[Ir].[Ir].[Ir]. The van der Waals surface area contributed by atoms with Crippen molar-refractivity contribution in [1.29, 1.82) is 0 Å². The Morgan fingerprint density at radius 3 is 1.34 bits per heavy atom. The molecule has 150 heavy (non-hydrogen) atoms. The summed E-state index contributed by atoms with van der Waals surface area (Å²) in [6, 6.07) is 126. The molecule has 0 bridgehead atoms. The van der Waals surface area contributed by atoms with Gasteiger partial charge in [0.15, 0.2) is 0 Å². The third kappa shape index (κ3) is 26.0. The van der Waals surface area contributed by atoms with Crippen molar-refractivity contribution in [2.45, 2.75) is 194 Å². The van der Waals surface area contributed by atoms with Crippen LogP contribution in [0, 0.1) is 61.0 Å². The smallest absolute Gasteiger partial charge is 0.216 e. The first-order valence-electron chi connectivity index (χ1n) is 55.5. The van der Waals surface area contributed by atoms with Crippen molar-refractivity contribution in [1.82, 2.24) is 39.5 Å². The Morgan fingerprint density at radius 2 is 0.827 bits per heavy atom. The summed E-state index contributed by atoms with van der Waals surface area (Å²) in [4.78, 5) is 32.2. The van der Waals surface area contributed by atoms with Gasteiger partial charge in [-0.2, -0.15) is 0 Å². The van der Waals surface area contributed by atoms with Crippen LogP contribution in [0.15, 0.2) is 357 Å². The molecule has 11 aromatic carbocycles. The molecular formula is C135H134Ir3N8OSi3-6. The Balaban J connectivity index is 0.000000132. The minimum absolute atomic E-state index is 0. The zero-order chi connectivity index (χ0) is 107. The van der Waals surface area contributed by atoms with Crippen molar-refractivity contribution in [2.75, 3.05) is 0 Å². The van der Waals surface area contributed by atoms with E-state index in [4.69, 9.17) is 27.6 Å². The van der Waals surface area contributed by atoms with Gasteiger partial charge < -0.3 is 38.9 Å². The van der Waals surface area contributed by atoms with E-state index in [-0.39, 0.29) is 71.4 Å². The Hall–Kier alpha value is -12.3. The summed E-state index contributed by atoms with van der Waals surface area (Å²) in [5.74, 6) is 3.24. The van der Waals surface area contributed by atoms with E-state index in [1.54, 1.807) is 51.6 Å². The number of hydrogen-bond acceptors (Lipinski definition) is 8. The number of aryl methyl sites for hydroxylation is 2. The van der Waals surface area contributed by atoms with E-state index < -0.39 is 38.0 Å². The molecule has 0 aliphatic heterocycles. The molecule has 765 valence electrons. The van der Waals surface area contributed by atoms with Gasteiger partial charge in [0.1, 0.15) is 0 Å². The quantitative estimate of drug-likeness (QED) is 0.0617. The minimum atomic E-state index is -2.32. The van der Waals surface area contributed by atoms with Crippen LogP contribution in [0.25, 0.3) is 156 Å². The fourth-order valence-electron chi connectivity index (χ4n) is 22.0. The van der Waals surface area contributed by atoms with Crippen molar-refractivity contribution in [3.8, 4) is 112 Å². The van der Waals surface area contributed by atoms with E-state index in [1.165, 1.54) is 146 Å². The van der Waals surface area contributed by atoms with Gasteiger partial charge in [0.05, 0.1) is 29.8 Å². The van der Waals surface area contributed by atoms with Crippen molar-refractivity contribution in [2.24, 2.45) is 24.7 Å². The summed E-state index contributed by atoms with van der Waals surface area (Å²) < 4.78 is 54.2. The van der Waals surface area contributed by atoms with Crippen LogP contribution in [-0.4, -0.2) is 63.7 Å². The van der Waals surface area contributed by atoms with Gasteiger partial charge in [0.25, 0.3) is 0 Å². The average Bonchev–Trinajstić information content (AvgIpc) is 1.81. The largest absolute Gasteiger partial charge is 0.486 e. The van der Waals surface area contributed by atoms with Gasteiger partial charge in [-0.3, -0.25) is 0 Å². The standard InChI is InChI=1S/C26H20N.C24H17N2.C23H15N2O.2C21H28NSi.C20H26NSi.3Ir/c1-26(2)23-11-7-6-10-21(23)22-16-20(12-13-24(22)26)25-17-19(14-15-27-25)18-8-4-3-5-9-18;1-26-23-13-6-5-10-19(23)20-11-7-12-21(24(20)26)22-16-18(14-15-25-22)17-8-3-2-4-9-17;1-15-7-9-19-20-13-18(8-10-22(20)26-23(19)25-15)21-14-17(11-12-24-21)16-5-3-2-4-6-16;1-16(17-10-8-9-11-17)19-14-20(18-12-6-5-7-13-18)22-15-21(19)23(2,3)4;1-23(2,3)21-16-22-20(18-12-8-5-9-13-18)15-19(21)14-17-10-6-4-7-11-17;1-22(2,3)20-15-21-19(17-11-5-4-6-12-17)14-18(20)13-16-9-7-8-10-16;;;/h3-11,13-17H,1-2H3;2-11,13-16H,1H3;2-7,9-14H,1H3;5-7,12,14-17H,8-11H2,1-4H3;5,8-9,12,15-17H,4,6-7,10-11,14H2,1-3H3;4-6,11,14-16H,7-10,13H2,1-3H3;;;/q6*-1;;;/i;2*1D3;;;;;;. The predicted octanol–water partition coefficient (Wildman–Crippen LogP) is 33.6. The molecule has 0 N–H and O–H groups in total. The molecule has 3 fully saturated rings. The molecule has 24 rings (SSSR count). The van der Waals surface area contributed by atoms with Crippen molar-refractivity contribution < 1.29 is 73.0 Å². The van der Waals surface area contributed by atoms with E-state index in [0.29, 0.717) is 39.5 Å². The number of hydrogen-bond donors (Lipinski definition) is 0. The van der Waals surface area contributed by atoms with Gasteiger partial charge in [-0.05, 0) is 203 Å². The monoisotopic (exact) mass is 2550 g/mol. The second-order valence-corrected chi connectivity index (χ2v) is 58.7. The molecule has 0 saturated heterocycles. The molecule has 9 heterocycles. The molecule has 3 radical (unpaired) electrons. The maximum Gasteiger partial charge on any atom is 0.216 e. The molecule has 9 aromatic heterocycles. The van der Waals surface area contributed by atoms with Gasteiger partial charge in [-0.25, -0.2) is 4.98 Å². The van der Waals surface area contributed by atoms with Crippen LogP contribution in [0.4, 0.5) is 0 Å². The molecule has 0 amide bonds. The molecule has 1 atom stereocenters. The van der Waals surface area contributed by atoms with Crippen LogP contribution < -0.4 is 15.6 Å². The molecular weight excluding hydrogens is 2410 g/mol. The molecule has 20 aromatic rings. The molecule has 1 unspecified atom stereocenters. The number of pyridine rings is 7. The van der Waals surface area contributed by atoms with Crippen LogP contribution in [0.5, 0.6) is 0 Å². The maximum absolute atomic E-state index is 8.15. The third-order valence-corrected chi connectivity index (χ3v) is 36.1. The molecule has 4 aliphatic carbocycles. The van der Waals surface area contributed by atoms with Gasteiger partial charge in [0.2, 0.25) is 5.71 Å². The van der Waals surface area contributed by atoms with Gasteiger partial charge in [0, 0.05) is 129 Å². The molecule has 15 heteroatoms. The maximum atomic E-state index is 8.15. The molecule has 0 spiro atoms. The first-order chi connectivity index (χ1) is 73.7. The van der Waals surface area contributed by atoms with Gasteiger partial charge in [-0.15, -0.1) is 185 Å². The number of aromatic nitrogens is 8. The van der Waals surface area contributed by atoms with Crippen molar-refractivity contribution >= 4 is 83.7 Å². The zero-order valence-electron chi connectivity index (χ0n) is 93.9. The third-order valence-electron chi connectivity index (χ3n) is 29.9. The van der Waals surface area contributed by atoms with E-state index in [2.05, 4.69) is 294 Å². The van der Waals surface area contributed by atoms with Crippen LogP contribution >= 0.6 is 0 Å². The Labute approximate surface area is 941 Å². The topological polar surface area (TPSA) is 108 Å². The Morgan fingerprint density at radius 1 is 0.373 bits per heavy atom. The Bertz CT molecular complexity index is 8190. The van der Waals surface area contributed by atoms with E-state index in [0.717, 1.165) is 118 Å². The van der Waals surface area contributed by atoms with Gasteiger partial charge in [-0.1, -0.05) is 353 Å². The van der Waals surface area contributed by atoms with E-state index in [1.807, 2.05) is 164 Å². The van der Waals surface area contributed by atoms with Crippen LogP contribution in [0.3, 0.4) is 0 Å². The number of nitrogens with zero attached hydrogens (tertiary/aromatic N) is 8. The second-order valence-electron chi connectivity index (χ2n) is 43.6. The normalized spacial score (nSPS) is 14.7. The number of furan rings is 1. The number of para-hydroxylation sites is 1. The summed E-state index contributed by atoms with van der Waals surface area (Å²) in [7, 11) is -4.09. The first kappa shape index (κ1) is 102. The van der Waals surface area contributed by atoms with Crippen LogP contribution in [0.1, 0.15) is 152 Å². The zero-order valence-corrected chi connectivity index (χ0v) is 98.1. The summed E-state index contributed by atoms with van der Waals surface area (Å²) in [6.07, 6.45) is 32.7. The summed E-state index contributed by atoms with van der Waals surface area (Å²) in [5.41, 5.74) is 30.5. The number of benzene rings is 11. The first-order valence-corrected chi connectivity index (χ1v) is 63.0. The Kier molecular flexibility index (Phi) is 33.9. The van der Waals surface area contributed by atoms with Crippen molar-refractivity contribution in [3.05, 3.63) is 423 Å². The fraction of sp³-hybridized carbons (Fsp3) is 0.252. The molecule has 9 nitrogen and oxygen atoms in total. The van der Waals surface area contributed by atoms with Gasteiger partial charge >= 0.3 is 0 Å². The van der Waals surface area contributed by atoms with Crippen LogP contribution in [0.2, 0.25) is 58.9 Å². The van der Waals surface area contributed by atoms with E-state index in [9.17, 15) is 0 Å².